The van der Waals surface area contributed by atoms with Crippen LogP contribution in [0.2, 0.25) is 0 Å². The number of nitrogens with zero attached hydrogens (tertiary/aromatic N) is 1. The van der Waals surface area contributed by atoms with Crippen LogP contribution in [0.3, 0.4) is 0 Å². The number of rotatable bonds is 3. The second-order valence-electron chi connectivity index (χ2n) is 4.55. The Morgan fingerprint density at radius 1 is 1.00 bits per heavy atom. The second kappa shape index (κ2) is 5.77. The molecule has 0 saturated carbocycles. The van der Waals surface area contributed by atoms with Crippen molar-refractivity contribution in [1.29, 1.82) is 0 Å². The van der Waals surface area contributed by atoms with E-state index in [1.54, 1.807) is 11.3 Å². The molecule has 2 nitrogen and oxygen atoms in total. The maximum atomic E-state index is 5.70. The van der Waals surface area contributed by atoms with E-state index in [2.05, 4.69) is 45.6 Å². The molecule has 0 saturated heterocycles. The van der Waals surface area contributed by atoms with Gasteiger partial charge in [-0.2, -0.15) is 0 Å². The lowest BCUT2D eigenvalue weighted by atomic mass is 10.1. The minimum Gasteiger partial charge on any atom is -0.399 e. The first-order chi connectivity index (χ1) is 9.70. The molecule has 2 aromatic carbocycles. The largest absolute Gasteiger partial charge is 0.399 e. The first-order valence-corrected chi connectivity index (χ1v) is 7.93. The van der Waals surface area contributed by atoms with E-state index < -0.39 is 0 Å². The summed E-state index contributed by atoms with van der Waals surface area (Å²) in [6, 6.07) is 16.2. The van der Waals surface area contributed by atoms with Crippen LogP contribution in [0.5, 0.6) is 0 Å². The van der Waals surface area contributed by atoms with E-state index in [0.29, 0.717) is 0 Å². The molecule has 3 aromatic rings. The highest BCUT2D eigenvalue weighted by Gasteiger charge is 2.05. The molecule has 0 bridgehead atoms. The third-order valence-corrected chi connectivity index (χ3v) is 4.40. The van der Waals surface area contributed by atoms with E-state index in [1.165, 1.54) is 5.56 Å². The maximum absolute atomic E-state index is 5.70. The van der Waals surface area contributed by atoms with Crippen LogP contribution in [0.4, 0.5) is 5.69 Å². The molecule has 100 valence electrons. The molecule has 0 amide bonds. The van der Waals surface area contributed by atoms with Gasteiger partial charge < -0.3 is 5.73 Å². The predicted molar refractivity (Wildman–Crippen MR) is 88.9 cm³/mol. The second-order valence-corrected chi connectivity index (χ2v) is 6.41. The lowest BCUT2D eigenvalue weighted by molar-refractivity contribution is 1.14. The zero-order chi connectivity index (χ0) is 13.9. The number of halogens is 1. The van der Waals surface area contributed by atoms with Gasteiger partial charge in [-0.15, -0.1) is 11.3 Å². The summed E-state index contributed by atoms with van der Waals surface area (Å²) in [5.74, 6) is 0. The Kier molecular flexibility index (Phi) is 3.85. The van der Waals surface area contributed by atoms with Crippen LogP contribution in [-0.4, -0.2) is 4.98 Å². The van der Waals surface area contributed by atoms with E-state index >= 15 is 0 Å². The highest BCUT2D eigenvalue weighted by atomic mass is 79.9. The Hall–Kier alpha value is -1.65. The van der Waals surface area contributed by atoms with Crippen LogP contribution in [0.15, 0.2) is 58.4 Å². The van der Waals surface area contributed by atoms with Crippen LogP contribution in [0, 0.1) is 0 Å². The summed E-state index contributed by atoms with van der Waals surface area (Å²) in [6.07, 6.45) is 0.868. The van der Waals surface area contributed by atoms with E-state index in [-0.39, 0.29) is 0 Å². The number of hydrogen-bond donors (Lipinski definition) is 1. The van der Waals surface area contributed by atoms with Gasteiger partial charge in [0.1, 0.15) is 0 Å². The molecule has 0 aliphatic heterocycles. The standard InChI is InChI=1S/C16H13BrN2S/c17-13-5-1-11(2-6-13)9-16-19-15(10-20-16)12-3-7-14(18)8-4-12/h1-8,10H,9,18H2. The van der Waals surface area contributed by atoms with E-state index in [4.69, 9.17) is 10.7 Å². The molecule has 0 spiro atoms. The average molecular weight is 345 g/mol. The minimum absolute atomic E-state index is 0.777. The first-order valence-electron chi connectivity index (χ1n) is 6.25. The molecule has 1 heterocycles. The van der Waals surface area contributed by atoms with Gasteiger partial charge in [-0.3, -0.25) is 0 Å². The average Bonchev–Trinajstić information content (AvgIpc) is 2.91. The van der Waals surface area contributed by atoms with Crippen molar-refractivity contribution in [3.8, 4) is 11.3 Å². The van der Waals surface area contributed by atoms with Crippen LogP contribution in [0.1, 0.15) is 10.6 Å². The van der Waals surface area contributed by atoms with Crippen LogP contribution in [0.25, 0.3) is 11.3 Å². The fourth-order valence-electron chi connectivity index (χ4n) is 1.96. The number of hydrogen-bond acceptors (Lipinski definition) is 3. The number of nitrogen functional groups attached to an aromatic ring is 1. The van der Waals surface area contributed by atoms with Crippen molar-refractivity contribution in [3.05, 3.63) is 69.0 Å². The van der Waals surface area contributed by atoms with Gasteiger partial charge in [-0.1, -0.05) is 40.2 Å². The maximum Gasteiger partial charge on any atom is 0.0976 e. The van der Waals surface area contributed by atoms with Gasteiger partial charge in [0.15, 0.2) is 0 Å². The van der Waals surface area contributed by atoms with Gasteiger partial charge in [-0.25, -0.2) is 4.98 Å². The third-order valence-electron chi connectivity index (χ3n) is 3.03. The van der Waals surface area contributed by atoms with E-state index in [0.717, 1.165) is 32.8 Å². The molecule has 3 rings (SSSR count). The van der Waals surface area contributed by atoms with Crippen molar-refractivity contribution in [2.75, 3.05) is 5.73 Å². The number of anilines is 1. The van der Waals surface area contributed by atoms with Gasteiger partial charge in [0.25, 0.3) is 0 Å². The molecule has 1 aromatic heterocycles. The van der Waals surface area contributed by atoms with Crippen molar-refractivity contribution in [2.24, 2.45) is 0 Å². The zero-order valence-electron chi connectivity index (χ0n) is 10.7. The summed E-state index contributed by atoms with van der Waals surface area (Å²) < 4.78 is 1.10. The fourth-order valence-corrected chi connectivity index (χ4v) is 3.06. The molecular formula is C16H13BrN2S. The number of benzene rings is 2. The summed E-state index contributed by atoms with van der Waals surface area (Å²) in [7, 11) is 0. The normalized spacial score (nSPS) is 10.7. The number of aromatic nitrogens is 1. The molecule has 0 radical (unpaired) electrons. The third kappa shape index (κ3) is 3.08. The zero-order valence-corrected chi connectivity index (χ0v) is 13.1. The molecular weight excluding hydrogens is 332 g/mol. The molecule has 0 aliphatic rings. The van der Waals surface area contributed by atoms with Gasteiger partial charge >= 0.3 is 0 Å². The van der Waals surface area contributed by atoms with E-state index in [9.17, 15) is 0 Å². The first kappa shape index (κ1) is 13.3. The Morgan fingerprint density at radius 2 is 1.70 bits per heavy atom. The Balaban J connectivity index is 1.80. The molecule has 0 aliphatic carbocycles. The van der Waals surface area contributed by atoms with Crippen molar-refractivity contribution < 1.29 is 0 Å². The smallest absolute Gasteiger partial charge is 0.0976 e. The highest BCUT2D eigenvalue weighted by Crippen LogP contribution is 2.24. The lowest BCUT2D eigenvalue weighted by Gasteiger charge is -1.99. The molecule has 0 unspecified atom stereocenters. The Labute approximate surface area is 130 Å². The molecule has 4 heteroatoms. The molecule has 2 N–H and O–H groups in total. The van der Waals surface area contributed by atoms with Gasteiger partial charge in [0.05, 0.1) is 10.7 Å². The minimum atomic E-state index is 0.777. The highest BCUT2D eigenvalue weighted by molar-refractivity contribution is 9.10. The molecule has 20 heavy (non-hydrogen) atoms. The number of thiazole rings is 1. The fraction of sp³-hybridized carbons (Fsp3) is 0.0625. The molecule has 0 atom stereocenters. The van der Waals surface area contributed by atoms with E-state index in [1.807, 2.05) is 24.3 Å². The molecule has 0 fully saturated rings. The summed E-state index contributed by atoms with van der Waals surface area (Å²) >= 11 is 5.14. The Morgan fingerprint density at radius 3 is 2.40 bits per heavy atom. The summed E-state index contributed by atoms with van der Waals surface area (Å²) in [6.45, 7) is 0. The van der Waals surface area contributed by atoms with Gasteiger partial charge in [0, 0.05) is 27.5 Å². The van der Waals surface area contributed by atoms with Crippen molar-refractivity contribution >= 4 is 33.0 Å². The van der Waals surface area contributed by atoms with Crippen LogP contribution < -0.4 is 5.73 Å². The topological polar surface area (TPSA) is 38.9 Å². The van der Waals surface area contributed by atoms with Crippen LogP contribution >= 0.6 is 27.3 Å². The summed E-state index contributed by atoms with van der Waals surface area (Å²) in [5, 5.41) is 3.22. The van der Waals surface area contributed by atoms with Gasteiger partial charge in [-0.05, 0) is 29.8 Å². The van der Waals surface area contributed by atoms with Gasteiger partial charge in [0.2, 0.25) is 0 Å². The van der Waals surface area contributed by atoms with Crippen molar-refractivity contribution in [1.82, 2.24) is 4.98 Å². The Bertz CT molecular complexity index is 702. The summed E-state index contributed by atoms with van der Waals surface area (Å²) in [4.78, 5) is 4.69. The summed E-state index contributed by atoms with van der Waals surface area (Å²) in [5.41, 5.74) is 9.87. The monoisotopic (exact) mass is 344 g/mol. The van der Waals surface area contributed by atoms with Crippen molar-refractivity contribution in [3.63, 3.8) is 0 Å². The number of nitrogens with two attached hydrogens (primary N) is 1. The van der Waals surface area contributed by atoms with Crippen molar-refractivity contribution in [2.45, 2.75) is 6.42 Å². The predicted octanol–water partition coefficient (Wildman–Crippen LogP) is 4.75. The van der Waals surface area contributed by atoms with Crippen LogP contribution in [-0.2, 0) is 6.42 Å². The lowest BCUT2D eigenvalue weighted by Crippen LogP contribution is -1.88. The SMILES string of the molecule is Nc1ccc(-c2csc(Cc3ccc(Br)cc3)n2)cc1. The quantitative estimate of drug-likeness (QED) is 0.696.